The molecule has 4 N–H and O–H groups in total. The third kappa shape index (κ3) is 3.30. The molecule has 124 valence electrons. The van der Waals surface area contributed by atoms with E-state index in [0.29, 0.717) is 21.8 Å². The smallest absolute Gasteiger partial charge is 0.337 e. The zero-order valence-electron chi connectivity index (χ0n) is 13.3. The van der Waals surface area contributed by atoms with E-state index in [9.17, 15) is 4.79 Å². The van der Waals surface area contributed by atoms with Crippen LogP contribution in [-0.4, -0.2) is 28.0 Å². The molecule has 6 nitrogen and oxygen atoms in total. The van der Waals surface area contributed by atoms with Crippen LogP contribution in [-0.2, 0) is 17.6 Å². The predicted molar refractivity (Wildman–Crippen MR) is 95.5 cm³/mol. The highest BCUT2D eigenvalue weighted by molar-refractivity contribution is 7.71. The van der Waals surface area contributed by atoms with Crippen molar-refractivity contribution < 1.29 is 9.53 Å². The molecule has 2 aromatic heterocycles. The number of methoxy groups -OCH3 is 1. The first kappa shape index (κ1) is 16.2. The molecule has 7 heteroatoms. The molecule has 2 heterocycles. The number of nitrogens with two attached hydrogens (primary N) is 1. The monoisotopic (exact) mass is 342 g/mol. The minimum atomic E-state index is -0.319. The maximum Gasteiger partial charge on any atom is 0.337 e. The van der Waals surface area contributed by atoms with E-state index in [0.717, 1.165) is 30.2 Å². The molecular formula is C17H18N4O2S. The first-order valence-electron chi connectivity index (χ1n) is 7.61. The van der Waals surface area contributed by atoms with Crippen molar-refractivity contribution in [1.29, 1.82) is 0 Å². The van der Waals surface area contributed by atoms with E-state index in [1.165, 1.54) is 12.7 Å². The summed E-state index contributed by atoms with van der Waals surface area (Å²) in [5, 5.41) is 0.907. The highest BCUT2D eigenvalue weighted by atomic mass is 32.1. The van der Waals surface area contributed by atoms with Crippen LogP contribution in [0.5, 0.6) is 0 Å². The molecule has 0 amide bonds. The molecule has 0 bridgehead atoms. The van der Waals surface area contributed by atoms with E-state index in [2.05, 4.69) is 15.0 Å². The minimum Gasteiger partial charge on any atom is -0.465 e. The van der Waals surface area contributed by atoms with Gasteiger partial charge in [-0.25, -0.2) is 9.78 Å². The number of carbonyl (C=O) groups is 1. The Labute approximate surface area is 144 Å². The Hall–Kier alpha value is -2.67. The lowest BCUT2D eigenvalue weighted by atomic mass is 10.0. The van der Waals surface area contributed by atoms with Gasteiger partial charge in [-0.3, -0.25) is 0 Å². The van der Waals surface area contributed by atoms with Crippen molar-refractivity contribution in [3.8, 4) is 0 Å². The average Bonchev–Trinajstić information content (AvgIpc) is 2.98. The SMILES string of the molecule is COC(=O)c1ccc(CCCc2c[nH]c3nc(=S)[nH]c(N)c23)cc1. The number of nitrogens with one attached hydrogen (secondary N) is 2. The number of aryl methyl sites for hydroxylation is 2. The number of anilines is 1. The number of nitrogens with zero attached hydrogens (tertiary/aromatic N) is 1. The molecule has 0 spiro atoms. The Morgan fingerprint density at radius 1 is 1.29 bits per heavy atom. The number of hydrogen-bond donors (Lipinski definition) is 3. The van der Waals surface area contributed by atoms with Crippen LogP contribution in [0.25, 0.3) is 11.0 Å². The molecule has 0 saturated heterocycles. The number of carbonyl (C=O) groups excluding carboxylic acids is 1. The maximum absolute atomic E-state index is 11.4. The summed E-state index contributed by atoms with van der Waals surface area (Å²) in [7, 11) is 1.38. The number of aromatic amines is 2. The summed E-state index contributed by atoms with van der Waals surface area (Å²) < 4.78 is 5.07. The van der Waals surface area contributed by atoms with Gasteiger partial charge in [-0.1, -0.05) is 12.1 Å². The normalized spacial score (nSPS) is 10.9. The molecular weight excluding hydrogens is 324 g/mol. The van der Waals surface area contributed by atoms with E-state index in [-0.39, 0.29) is 5.97 Å². The zero-order chi connectivity index (χ0) is 17.1. The number of aromatic nitrogens is 3. The summed E-state index contributed by atoms with van der Waals surface area (Å²) in [4.78, 5) is 21.7. The van der Waals surface area contributed by atoms with Crippen molar-refractivity contribution in [1.82, 2.24) is 15.0 Å². The van der Waals surface area contributed by atoms with Crippen LogP contribution in [0, 0.1) is 4.77 Å². The predicted octanol–water partition coefficient (Wildman–Crippen LogP) is 3.16. The van der Waals surface area contributed by atoms with Crippen LogP contribution in [0.15, 0.2) is 30.5 Å². The Kier molecular flexibility index (Phi) is 4.61. The molecule has 0 aliphatic carbocycles. The van der Waals surface area contributed by atoms with Crippen LogP contribution in [0.4, 0.5) is 5.82 Å². The molecule has 0 aliphatic heterocycles. The molecule has 0 fully saturated rings. The van der Waals surface area contributed by atoms with Crippen LogP contribution in [0.2, 0.25) is 0 Å². The average molecular weight is 342 g/mol. The van der Waals surface area contributed by atoms with E-state index in [1.54, 1.807) is 12.1 Å². The number of rotatable bonds is 5. The molecule has 3 rings (SSSR count). The van der Waals surface area contributed by atoms with Gasteiger partial charge in [-0.15, -0.1) is 0 Å². The van der Waals surface area contributed by atoms with Crippen LogP contribution < -0.4 is 5.73 Å². The molecule has 1 aromatic carbocycles. The van der Waals surface area contributed by atoms with Gasteiger partial charge in [-0.2, -0.15) is 0 Å². The van der Waals surface area contributed by atoms with E-state index < -0.39 is 0 Å². The Morgan fingerprint density at radius 3 is 2.75 bits per heavy atom. The number of fused-ring (bicyclic) bond motifs is 1. The number of benzene rings is 1. The van der Waals surface area contributed by atoms with Crippen molar-refractivity contribution in [2.75, 3.05) is 12.8 Å². The maximum atomic E-state index is 11.4. The Bertz CT molecular complexity index is 928. The van der Waals surface area contributed by atoms with Crippen LogP contribution >= 0.6 is 12.2 Å². The molecule has 0 radical (unpaired) electrons. The third-order valence-corrected chi connectivity index (χ3v) is 4.15. The lowest BCUT2D eigenvalue weighted by Crippen LogP contribution is -2.01. The van der Waals surface area contributed by atoms with Gasteiger partial charge in [0.25, 0.3) is 0 Å². The summed E-state index contributed by atoms with van der Waals surface area (Å²) in [6.45, 7) is 0. The number of nitrogen functional groups attached to an aromatic ring is 1. The van der Waals surface area contributed by atoms with Gasteiger partial charge in [-0.05, 0) is 54.7 Å². The number of H-pyrrole nitrogens is 2. The highest BCUT2D eigenvalue weighted by Gasteiger charge is 2.09. The Morgan fingerprint density at radius 2 is 2.04 bits per heavy atom. The number of hydrogen-bond acceptors (Lipinski definition) is 5. The van der Waals surface area contributed by atoms with Crippen LogP contribution in [0.1, 0.15) is 27.9 Å². The highest BCUT2D eigenvalue weighted by Crippen LogP contribution is 2.23. The summed E-state index contributed by atoms with van der Waals surface area (Å²) in [6.07, 6.45) is 4.66. The van der Waals surface area contributed by atoms with Crippen molar-refractivity contribution in [2.24, 2.45) is 0 Å². The minimum absolute atomic E-state index is 0.319. The lowest BCUT2D eigenvalue weighted by Gasteiger charge is -2.04. The van der Waals surface area contributed by atoms with Crippen molar-refractivity contribution in [2.45, 2.75) is 19.3 Å². The van der Waals surface area contributed by atoms with Crippen molar-refractivity contribution in [3.63, 3.8) is 0 Å². The zero-order valence-corrected chi connectivity index (χ0v) is 14.1. The van der Waals surface area contributed by atoms with E-state index >= 15 is 0 Å². The summed E-state index contributed by atoms with van der Waals surface area (Å²) >= 11 is 5.03. The second-order valence-electron chi connectivity index (χ2n) is 5.54. The molecule has 0 aliphatic rings. The third-order valence-electron chi connectivity index (χ3n) is 3.95. The van der Waals surface area contributed by atoms with E-state index in [4.69, 9.17) is 22.7 Å². The first-order chi connectivity index (χ1) is 11.6. The molecule has 0 atom stereocenters. The van der Waals surface area contributed by atoms with Gasteiger partial charge in [0.05, 0.1) is 18.1 Å². The summed E-state index contributed by atoms with van der Waals surface area (Å²) in [5.74, 6) is 0.226. The topological polar surface area (TPSA) is 96.8 Å². The Balaban J connectivity index is 1.67. The molecule has 24 heavy (non-hydrogen) atoms. The summed E-state index contributed by atoms with van der Waals surface area (Å²) in [6, 6.07) is 7.48. The molecule has 3 aromatic rings. The molecule has 0 unspecified atom stereocenters. The van der Waals surface area contributed by atoms with Crippen LogP contribution in [0.3, 0.4) is 0 Å². The first-order valence-corrected chi connectivity index (χ1v) is 8.02. The van der Waals surface area contributed by atoms with Gasteiger partial charge < -0.3 is 20.4 Å². The van der Waals surface area contributed by atoms with Gasteiger partial charge in [0.15, 0.2) is 4.77 Å². The van der Waals surface area contributed by atoms with Crippen molar-refractivity contribution >= 4 is 35.0 Å². The largest absolute Gasteiger partial charge is 0.465 e. The lowest BCUT2D eigenvalue weighted by molar-refractivity contribution is 0.0600. The van der Waals surface area contributed by atoms with Gasteiger partial charge in [0.1, 0.15) is 11.5 Å². The second-order valence-corrected chi connectivity index (χ2v) is 5.92. The molecule has 0 saturated carbocycles. The number of esters is 1. The number of ether oxygens (including phenoxy) is 1. The quantitative estimate of drug-likeness (QED) is 0.489. The van der Waals surface area contributed by atoms with Gasteiger partial charge in [0.2, 0.25) is 0 Å². The standard InChI is InChI=1S/C17H18N4O2S/c1-23-16(22)11-7-5-10(6-8-11)3-2-4-12-9-19-15-13(12)14(18)20-17(24)21-15/h5-9H,2-4H2,1H3,(H4,18,19,20,21,24). The fraction of sp³-hybridized carbons (Fsp3) is 0.235. The van der Waals surface area contributed by atoms with Gasteiger partial charge >= 0.3 is 5.97 Å². The van der Waals surface area contributed by atoms with Crippen molar-refractivity contribution in [3.05, 3.63) is 51.9 Å². The van der Waals surface area contributed by atoms with Gasteiger partial charge in [0, 0.05) is 6.20 Å². The summed E-state index contributed by atoms with van der Waals surface area (Å²) in [5.41, 5.74) is 9.59. The van der Waals surface area contributed by atoms with E-state index in [1.807, 2.05) is 18.3 Å². The second kappa shape index (κ2) is 6.84. The fourth-order valence-corrected chi connectivity index (χ4v) is 2.95. The fourth-order valence-electron chi connectivity index (χ4n) is 2.75.